The van der Waals surface area contributed by atoms with Crippen molar-refractivity contribution in [2.75, 3.05) is 36.1 Å². The summed E-state index contributed by atoms with van der Waals surface area (Å²) in [5, 5.41) is 1.86. The molecule has 1 N–H and O–H groups in total. The largest absolute Gasteiger partial charge is 0.496 e. The van der Waals surface area contributed by atoms with E-state index in [1.807, 2.05) is 36.4 Å². The van der Waals surface area contributed by atoms with Crippen LogP contribution in [0.5, 0.6) is 5.75 Å². The van der Waals surface area contributed by atoms with Gasteiger partial charge in [0.25, 0.3) is 0 Å². The first-order valence-corrected chi connectivity index (χ1v) is 12.5. The molecule has 0 spiro atoms. The van der Waals surface area contributed by atoms with Crippen molar-refractivity contribution in [3.63, 3.8) is 0 Å². The number of sulfonamides is 1. The molecule has 3 aromatic rings. The molecular weight excluding hydrogens is 440 g/mol. The zero-order chi connectivity index (χ0) is 24.0. The van der Waals surface area contributed by atoms with E-state index in [1.54, 1.807) is 24.1 Å². The number of fused-ring (bicyclic) bond motifs is 1. The number of cyclic esters (lactones) is 1. The molecule has 4 rings (SSSR count). The van der Waals surface area contributed by atoms with E-state index in [2.05, 4.69) is 25.5 Å². The van der Waals surface area contributed by atoms with Crippen LogP contribution in [0.3, 0.4) is 0 Å². The summed E-state index contributed by atoms with van der Waals surface area (Å²) >= 11 is 0. The Morgan fingerprint density at radius 2 is 1.73 bits per heavy atom. The van der Waals surface area contributed by atoms with E-state index < -0.39 is 10.0 Å². The number of amides is 1. The number of carbonyl (C=O) groups is 1. The molecule has 0 atom stereocenters. The molecule has 0 unspecified atom stereocenters. The average Bonchev–Trinajstić information content (AvgIpc) is 3.16. The third kappa shape index (κ3) is 4.75. The summed E-state index contributed by atoms with van der Waals surface area (Å²) in [6, 6.07) is 15.3. The minimum Gasteiger partial charge on any atom is -0.496 e. The monoisotopic (exact) mass is 468 g/mol. The molecule has 1 heterocycles. The lowest BCUT2D eigenvalue weighted by atomic mass is 9.83. The van der Waals surface area contributed by atoms with Crippen molar-refractivity contribution in [3.05, 3.63) is 54.1 Å². The number of carbonyl (C=O) groups excluding carboxylic acids is 1. The molecule has 0 radical (unpaired) electrons. The topological polar surface area (TPSA) is 84.9 Å². The number of nitrogens with one attached hydrogen (secondary N) is 1. The molecule has 7 nitrogen and oxygen atoms in total. The second-order valence-corrected chi connectivity index (χ2v) is 11.0. The Hall–Kier alpha value is -3.26. The van der Waals surface area contributed by atoms with E-state index >= 15 is 0 Å². The van der Waals surface area contributed by atoms with E-state index in [0.717, 1.165) is 45.2 Å². The fourth-order valence-corrected chi connectivity index (χ4v) is 4.63. The molecule has 3 aromatic carbocycles. The highest BCUT2D eigenvalue weighted by Gasteiger charge is 2.29. The summed E-state index contributed by atoms with van der Waals surface area (Å²) in [6.07, 6.45) is 0.776. The minimum absolute atomic E-state index is 0.219. The minimum atomic E-state index is -3.35. The Morgan fingerprint density at radius 1 is 1.03 bits per heavy atom. The third-order valence-corrected chi connectivity index (χ3v) is 6.22. The van der Waals surface area contributed by atoms with Gasteiger partial charge in [0.15, 0.2) is 0 Å². The maximum atomic E-state index is 12.3. The second kappa shape index (κ2) is 8.26. The summed E-state index contributed by atoms with van der Waals surface area (Å²) < 4.78 is 36.7. The number of hydrogen-bond acceptors (Lipinski definition) is 5. The zero-order valence-electron chi connectivity index (χ0n) is 19.4. The number of ether oxygens (including phenoxy) is 2. The quantitative estimate of drug-likeness (QED) is 0.560. The zero-order valence-corrected chi connectivity index (χ0v) is 20.2. The lowest BCUT2D eigenvalue weighted by Gasteiger charge is -2.27. The van der Waals surface area contributed by atoms with Crippen molar-refractivity contribution in [1.82, 2.24) is 0 Å². The van der Waals surface area contributed by atoms with Gasteiger partial charge in [0.1, 0.15) is 12.4 Å². The SMILES string of the molecule is COc1c(-c2ccc3cc(NS(C)(=O)=O)ccc3c2)cc(N2CCOC2=O)cc1C(C)(C)C. The van der Waals surface area contributed by atoms with Crippen molar-refractivity contribution >= 4 is 38.3 Å². The summed E-state index contributed by atoms with van der Waals surface area (Å²) in [5.41, 5.74) is 3.86. The van der Waals surface area contributed by atoms with Gasteiger partial charge >= 0.3 is 6.09 Å². The van der Waals surface area contributed by atoms with Crippen LogP contribution in [-0.2, 0) is 20.2 Å². The molecule has 1 saturated heterocycles. The molecule has 174 valence electrons. The standard InChI is InChI=1S/C25H28N2O5S/c1-25(2,3)22-15-20(27-10-11-32-24(27)28)14-21(23(22)31-4)18-7-6-17-13-19(26-33(5,29)30)9-8-16(17)12-18/h6-9,12-15,26H,10-11H2,1-5H3. The Bertz CT molecular complexity index is 1340. The number of benzene rings is 3. The number of nitrogens with zero attached hydrogens (tertiary/aromatic N) is 1. The van der Waals surface area contributed by atoms with Gasteiger partial charge in [0.2, 0.25) is 10.0 Å². The van der Waals surface area contributed by atoms with Crippen LogP contribution in [-0.4, -0.2) is 41.0 Å². The van der Waals surface area contributed by atoms with Crippen molar-refractivity contribution in [3.8, 4) is 16.9 Å². The van der Waals surface area contributed by atoms with Crippen molar-refractivity contribution in [2.45, 2.75) is 26.2 Å². The van der Waals surface area contributed by atoms with Crippen LogP contribution in [0.2, 0.25) is 0 Å². The van der Waals surface area contributed by atoms with Crippen LogP contribution in [0.25, 0.3) is 21.9 Å². The van der Waals surface area contributed by atoms with Crippen molar-refractivity contribution < 1.29 is 22.7 Å². The van der Waals surface area contributed by atoms with E-state index in [4.69, 9.17) is 9.47 Å². The van der Waals surface area contributed by atoms with Crippen LogP contribution in [0.15, 0.2) is 48.5 Å². The summed E-state index contributed by atoms with van der Waals surface area (Å²) in [4.78, 5) is 13.9. The molecular formula is C25H28N2O5S. The fourth-order valence-electron chi connectivity index (χ4n) is 4.08. The smallest absolute Gasteiger partial charge is 0.414 e. The van der Waals surface area contributed by atoms with Gasteiger partial charge in [-0.3, -0.25) is 9.62 Å². The Kier molecular flexibility index (Phi) is 5.74. The second-order valence-electron chi connectivity index (χ2n) is 9.24. The molecule has 8 heteroatoms. The lowest BCUT2D eigenvalue weighted by Crippen LogP contribution is -2.24. The van der Waals surface area contributed by atoms with Crippen LogP contribution >= 0.6 is 0 Å². The van der Waals surface area contributed by atoms with E-state index in [-0.39, 0.29) is 11.5 Å². The highest BCUT2D eigenvalue weighted by Crippen LogP contribution is 2.43. The highest BCUT2D eigenvalue weighted by atomic mass is 32.2. The van der Waals surface area contributed by atoms with Gasteiger partial charge in [-0.25, -0.2) is 13.2 Å². The van der Waals surface area contributed by atoms with Crippen molar-refractivity contribution in [2.24, 2.45) is 0 Å². The highest BCUT2D eigenvalue weighted by molar-refractivity contribution is 7.92. The predicted octanol–water partition coefficient (Wildman–Crippen LogP) is 5.14. The average molecular weight is 469 g/mol. The van der Waals surface area contributed by atoms with E-state index in [9.17, 15) is 13.2 Å². The molecule has 0 aliphatic carbocycles. The van der Waals surface area contributed by atoms with E-state index in [1.165, 1.54) is 0 Å². The molecule has 0 bridgehead atoms. The Labute approximate surface area is 194 Å². The summed E-state index contributed by atoms with van der Waals surface area (Å²) in [7, 11) is -1.70. The van der Waals surface area contributed by atoms with Gasteiger partial charge in [-0.1, -0.05) is 39.0 Å². The summed E-state index contributed by atoms with van der Waals surface area (Å²) in [6.45, 7) is 7.19. The van der Waals surface area contributed by atoms with Gasteiger partial charge < -0.3 is 9.47 Å². The van der Waals surface area contributed by atoms with E-state index in [0.29, 0.717) is 18.8 Å². The Balaban J connectivity index is 1.87. The van der Waals surface area contributed by atoms with Gasteiger partial charge in [0.05, 0.1) is 19.9 Å². The molecule has 33 heavy (non-hydrogen) atoms. The first-order chi connectivity index (χ1) is 15.5. The number of hydrogen-bond donors (Lipinski definition) is 1. The number of rotatable bonds is 5. The predicted molar refractivity (Wildman–Crippen MR) is 132 cm³/mol. The first kappa shape index (κ1) is 22.9. The first-order valence-electron chi connectivity index (χ1n) is 10.6. The van der Waals surface area contributed by atoms with Gasteiger partial charge in [0, 0.05) is 22.5 Å². The van der Waals surface area contributed by atoms with Crippen LogP contribution in [0, 0.1) is 0 Å². The van der Waals surface area contributed by atoms with Crippen molar-refractivity contribution in [1.29, 1.82) is 0 Å². The maximum absolute atomic E-state index is 12.3. The molecule has 0 aromatic heterocycles. The van der Waals surface area contributed by atoms with Crippen LogP contribution in [0.1, 0.15) is 26.3 Å². The molecule has 1 aliphatic heterocycles. The molecule has 1 fully saturated rings. The van der Waals surface area contributed by atoms with Gasteiger partial charge in [-0.15, -0.1) is 0 Å². The van der Waals surface area contributed by atoms with Crippen LogP contribution < -0.4 is 14.4 Å². The molecule has 0 saturated carbocycles. The molecule has 1 amide bonds. The third-order valence-electron chi connectivity index (χ3n) is 5.61. The number of anilines is 2. The normalized spacial score (nSPS) is 14.5. The van der Waals surface area contributed by atoms with Gasteiger partial charge in [-0.05, 0) is 52.1 Å². The number of methoxy groups -OCH3 is 1. The van der Waals surface area contributed by atoms with Gasteiger partial charge in [-0.2, -0.15) is 0 Å². The maximum Gasteiger partial charge on any atom is 0.414 e. The fraction of sp³-hybridized carbons (Fsp3) is 0.320. The lowest BCUT2D eigenvalue weighted by molar-refractivity contribution is 0.181. The molecule has 1 aliphatic rings. The summed E-state index contributed by atoms with van der Waals surface area (Å²) in [5.74, 6) is 0.758. The van der Waals surface area contributed by atoms with Crippen LogP contribution in [0.4, 0.5) is 16.2 Å². The Morgan fingerprint density at radius 3 is 2.33 bits per heavy atom.